The second-order valence-corrected chi connectivity index (χ2v) is 4.09. The number of aliphatic hydroxyl groups excluding tert-OH is 1. The van der Waals surface area contributed by atoms with Crippen LogP contribution in [0.2, 0.25) is 0 Å². The highest BCUT2D eigenvalue weighted by Gasteiger charge is 2.06. The van der Waals surface area contributed by atoms with Crippen LogP contribution >= 0.6 is 0 Å². The molecule has 1 aromatic heterocycles. The van der Waals surface area contributed by atoms with Crippen molar-refractivity contribution < 1.29 is 9.50 Å². The van der Waals surface area contributed by atoms with Gasteiger partial charge in [0.25, 0.3) is 0 Å². The highest BCUT2D eigenvalue weighted by atomic mass is 19.1. The summed E-state index contributed by atoms with van der Waals surface area (Å²) in [6.07, 6.45) is 1.26. The second kappa shape index (κ2) is 5.21. The summed E-state index contributed by atoms with van der Waals surface area (Å²) < 4.78 is 13.5. The number of aliphatic hydroxyl groups is 1. The van der Waals surface area contributed by atoms with Crippen LogP contribution in [-0.2, 0) is 6.54 Å². The lowest BCUT2D eigenvalue weighted by Crippen LogP contribution is -2.24. The maximum atomic E-state index is 13.5. The number of nitrogens with one attached hydrogen (secondary N) is 1. The topological polar surface area (TPSA) is 45.1 Å². The monoisotopic (exact) mass is 234 g/mol. The molecule has 2 rings (SSSR count). The Morgan fingerprint density at radius 2 is 2.24 bits per heavy atom. The van der Waals surface area contributed by atoms with Gasteiger partial charge in [0, 0.05) is 24.7 Å². The van der Waals surface area contributed by atoms with Crippen molar-refractivity contribution in [3.63, 3.8) is 0 Å². The van der Waals surface area contributed by atoms with E-state index in [0.717, 1.165) is 5.56 Å². The zero-order chi connectivity index (χ0) is 12.3. The molecule has 3 nitrogen and oxygen atoms in total. The lowest BCUT2D eigenvalue weighted by Gasteiger charge is -2.09. The van der Waals surface area contributed by atoms with Crippen molar-refractivity contribution in [1.29, 1.82) is 0 Å². The second-order valence-electron chi connectivity index (χ2n) is 4.09. The molecule has 0 bridgehead atoms. The van der Waals surface area contributed by atoms with Gasteiger partial charge in [-0.25, -0.2) is 4.39 Å². The Morgan fingerprint density at radius 3 is 3.00 bits per heavy atom. The average molecular weight is 234 g/mol. The van der Waals surface area contributed by atoms with Crippen molar-refractivity contribution in [1.82, 2.24) is 10.3 Å². The van der Waals surface area contributed by atoms with E-state index in [4.69, 9.17) is 5.11 Å². The van der Waals surface area contributed by atoms with Crippen molar-refractivity contribution in [2.45, 2.75) is 19.6 Å². The summed E-state index contributed by atoms with van der Waals surface area (Å²) in [6, 6.07) is 6.61. The Labute approximate surface area is 99.3 Å². The molecule has 1 atom stereocenters. The van der Waals surface area contributed by atoms with Crippen LogP contribution in [0.15, 0.2) is 30.5 Å². The van der Waals surface area contributed by atoms with Gasteiger partial charge in [-0.1, -0.05) is 6.07 Å². The summed E-state index contributed by atoms with van der Waals surface area (Å²) in [7, 11) is 0. The Morgan fingerprint density at radius 1 is 1.41 bits per heavy atom. The molecule has 0 radical (unpaired) electrons. The van der Waals surface area contributed by atoms with Gasteiger partial charge in [-0.15, -0.1) is 0 Å². The third-order valence-corrected chi connectivity index (χ3v) is 2.56. The van der Waals surface area contributed by atoms with Crippen LogP contribution in [0.25, 0.3) is 10.9 Å². The number of halogens is 1. The fourth-order valence-corrected chi connectivity index (χ4v) is 1.75. The normalized spacial score (nSPS) is 12.9. The molecule has 0 spiro atoms. The first-order valence-electron chi connectivity index (χ1n) is 5.59. The lowest BCUT2D eigenvalue weighted by molar-refractivity contribution is 0.191. The number of pyridine rings is 1. The van der Waals surface area contributed by atoms with E-state index in [-0.39, 0.29) is 5.82 Å². The minimum Gasteiger partial charge on any atom is -0.392 e. The van der Waals surface area contributed by atoms with Crippen molar-refractivity contribution in [3.05, 3.63) is 41.8 Å². The summed E-state index contributed by atoms with van der Waals surface area (Å²) in [5, 5.41) is 12.8. The molecule has 0 aliphatic carbocycles. The molecule has 1 heterocycles. The SMILES string of the molecule is CC(O)CNCc1ccc(F)c2cccnc12. The molecule has 17 heavy (non-hydrogen) atoms. The van der Waals surface area contributed by atoms with E-state index in [1.54, 1.807) is 31.3 Å². The van der Waals surface area contributed by atoms with Gasteiger partial charge >= 0.3 is 0 Å². The van der Waals surface area contributed by atoms with E-state index < -0.39 is 6.10 Å². The fourth-order valence-electron chi connectivity index (χ4n) is 1.75. The van der Waals surface area contributed by atoms with E-state index in [9.17, 15) is 4.39 Å². The first kappa shape index (κ1) is 12.0. The third-order valence-electron chi connectivity index (χ3n) is 2.56. The minimum absolute atomic E-state index is 0.257. The first-order chi connectivity index (χ1) is 8.18. The predicted octanol–water partition coefficient (Wildman–Crippen LogP) is 1.84. The summed E-state index contributed by atoms with van der Waals surface area (Å²) >= 11 is 0. The van der Waals surface area contributed by atoms with Gasteiger partial charge in [0.1, 0.15) is 5.82 Å². The quantitative estimate of drug-likeness (QED) is 0.848. The number of aromatic nitrogens is 1. The van der Waals surface area contributed by atoms with Crippen molar-refractivity contribution in [2.24, 2.45) is 0 Å². The molecule has 0 fully saturated rings. The van der Waals surface area contributed by atoms with Gasteiger partial charge in [-0.05, 0) is 30.7 Å². The average Bonchev–Trinajstić information content (AvgIpc) is 2.32. The maximum absolute atomic E-state index is 13.5. The molecule has 1 aromatic carbocycles. The van der Waals surface area contributed by atoms with Crippen molar-refractivity contribution in [2.75, 3.05) is 6.54 Å². The van der Waals surface area contributed by atoms with Gasteiger partial charge in [-0.3, -0.25) is 4.98 Å². The number of rotatable bonds is 4. The van der Waals surface area contributed by atoms with Crippen molar-refractivity contribution >= 4 is 10.9 Å². The number of hydrogen-bond acceptors (Lipinski definition) is 3. The Bertz CT molecular complexity index is 514. The van der Waals surface area contributed by atoms with Crippen LogP contribution < -0.4 is 5.32 Å². The van der Waals surface area contributed by atoms with E-state index in [1.165, 1.54) is 6.07 Å². The fraction of sp³-hybridized carbons (Fsp3) is 0.308. The molecule has 4 heteroatoms. The summed E-state index contributed by atoms with van der Waals surface area (Å²) in [6.45, 7) is 2.79. The molecule has 0 amide bonds. The van der Waals surface area contributed by atoms with Crippen molar-refractivity contribution in [3.8, 4) is 0 Å². The van der Waals surface area contributed by atoms with Gasteiger partial charge in [0.15, 0.2) is 0 Å². The van der Waals surface area contributed by atoms with Gasteiger partial charge in [-0.2, -0.15) is 0 Å². The number of hydrogen-bond donors (Lipinski definition) is 2. The van der Waals surface area contributed by atoms with E-state index >= 15 is 0 Å². The van der Waals surface area contributed by atoms with E-state index in [2.05, 4.69) is 10.3 Å². The van der Waals surface area contributed by atoms with Crippen LogP contribution in [-0.4, -0.2) is 22.7 Å². The lowest BCUT2D eigenvalue weighted by atomic mass is 10.1. The Balaban J connectivity index is 2.26. The molecule has 90 valence electrons. The molecule has 0 aliphatic rings. The highest BCUT2D eigenvalue weighted by molar-refractivity contribution is 5.82. The molecule has 0 saturated heterocycles. The standard InChI is InChI=1S/C13H15FN2O/c1-9(17)7-15-8-10-4-5-12(14)11-3-2-6-16-13(10)11/h2-6,9,15,17H,7-8H2,1H3. The molecular weight excluding hydrogens is 219 g/mol. The first-order valence-corrected chi connectivity index (χ1v) is 5.59. The zero-order valence-electron chi connectivity index (χ0n) is 9.65. The maximum Gasteiger partial charge on any atom is 0.132 e. The van der Waals surface area contributed by atoms with Gasteiger partial charge in [0.05, 0.1) is 11.6 Å². The van der Waals surface area contributed by atoms with Crippen LogP contribution in [0.3, 0.4) is 0 Å². The summed E-state index contributed by atoms with van der Waals surface area (Å²) in [5.41, 5.74) is 1.60. The largest absolute Gasteiger partial charge is 0.392 e. The zero-order valence-corrected chi connectivity index (χ0v) is 9.65. The molecule has 1 unspecified atom stereocenters. The minimum atomic E-state index is -0.394. The number of fused-ring (bicyclic) bond motifs is 1. The van der Waals surface area contributed by atoms with E-state index in [1.807, 2.05) is 0 Å². The molecule has 2 aromatic rings. The van der Waals surface area contributed by atoms with Crippen LogP contribution in [0.5, 0.6) is 0 Å². The summed E-state index contributed by atoms with van der Waals surface area (Å²) in [4.78, 5) is 4.20. The predicted molar refractivity (Wildman–Crippen MR) is 65.1 cm³/mol. The van der Waals surface area contributed by atoms with E-state index in [0.29, 0.717) is 24.0 Å². The number of benzene rings is 1. The molecule has 0 saturated carbocycles. The summed E-state index contributed by atoms with van der Waals surface area (Å²) in [5.74, 6) is -0.257. The van der Waals surface area contributed by atoms with Crippen LogP contribution in [0.4, 0.5) is 4.39 Å². The molecule has 2 N–H and O–H groups in total. The Kier molecular flexibility index (Phi) is 3.66. The molecule has 0 aliphatic heterocycles. The highest BCUT2D eigenvalue weighted by Crippen LogP contribution is 2.19. The van der Waals surface area contributed by atoms with Gasteiger partial charge in [0.2, 0.25) is 0 Å². The molecular formula is C13H15FN2O. The van der Waals surface area contributed by atoms with Crippen LogP contribution in [0, 0.1) is 5.82 Å². The van der Waals surface area contributed by atoms with Crippen LogP contribution in [0.1, 0.15) is 12.5 Å². The van der Waals surface area contributed by atoms with Gasteiger partial charge < -0.3 is 10.4 Å². The third kappa shape index (κ3) is 2.78. The Hall–Kier alpha value is -1.52. The number of nitrogens with zero attached hydrogens (tertiary/aromatic N) is 1. The smallest absolute Gasteiger partial charge is 0.132 e.